The maximum absolute atomic E-state index is 9.32. The Morgan fingerprint density at radius 3 is 2.64 bits per heavy atom. The Hall–Kier alpha value is -2.18. The highest BCUT2D eigenvalue weighted by Gasteiger charge is 2.25. The van der Waals surface area contributed by atoms with Crippen LogP contribution in [-0.4, -0.2) is 44.0 Å². The Labute approximate surface area is 167 Å². The number of hydrogen-bond acceptors (Lipinski definition) is 5. The molecule has 28 heavy (non-hydrogen) atoms. The lowest BCUT2D eigenvalue weighted by Crippen LogP contribution is -2.33. The van der Waals surface area contributed by atoms with Crippen molar-refractivity contribution in [3.05, 3.63) is 53.6 Å². The number of aliphatic hydroxyl groups is 1. The Morgan fingerprint density at radius 1 is 1.29 bits per heavy atom. The first-order valence-corrected chi connectivity index (χ1v) is 10.1. The minimum Gasteiger partial charge on any atom is -0.491 e. The van der Waals surface area contributed by atoms with Gasteiger partial charge in [-0.2, -0.15) is 0 Å². The molecule has 0 atom stereocenters. The predicted octanol–water partition coefficient (Wildman–Crippen LogP) is 3.20. The van der Waals surface area contributed by atoms with Gasteiger partial charge in [0, 0.05) is 19.5 Å². The molecule has 1 fully saturated rings. The summed E-state index contributed by atoms with van der Waals surface area (Å²) in [6.45, 7) is 10.9. The van der Waals surface area contributed by atoms with E-state index >= 15 is 0 Å². The Bertz CT molecular complexity index is 792. The first kappa shape index (κ1) is 20.6. The van der Waals surface area contributed by atoms with Gasteiger partial charge in [-0.1, -0.05) is 18.2 Å². The van der Waals surface area contributed by atoms with Crippen molar-refractivity contribution in [1.29, 1.82) is 0 Å². The fraction of sp³-hybridized carbons (Fsp3) is 0.545. The fourth-order valence-corrected chi connectivity index (χ4v) is 3.89. The summed E-state index contributed by atoms with van der Waals surface area (Å²) in [4.78, 5) is 2.50. The molecule has 2 aromatic rings. The summed E-state index contributed by atoms with van der Waals surface area (Å²) in [6.07, 6.45) is 5.04. The number of ether oxygens (including phenoxy) is 1. The average Bonchev–Trinajstić information content (AvgIpc) is 3.05. The highest BCUT2D eigenvalue weighted by Crippen LogP contribution is 2.29. The zero-order valence-corrected chi connectivity index (χ0v) is 17.3. The van der Waals surface area contributed by atoms with E-state index in [1.165, 1.54) is 11.1 Å². The molecule has 3 rings (SSSR count). The quantitative estimate of drug-likeness (QED) is 0.708. The number of piperidine rings is 1. The van der Waals surface area contributed by atoms with Crippen LogP contribution >= 0.6 is 0 Å². The molecule has 1 aliphatic heterocycles. The van der Waals surface area contributed by atoms with E-state index in [1.807, 2.05) is 17.7 Å². The van der Waals surface area contributed by atoms with Crippen LogP contribution in [0.1, 0.15) is 55.4 Å². The van der Waals surface area contributed by atoms with E-state index in [0.717, 1.165) is 50.5 Å². The van der Waals surface area contributed by atoms with Gasteiger partial charge in [0.2, 0.25) is 0 Å². The van der Waals surface area contributed by atoms with Gasteiger partial charge < -0.3 is 14.4 Å². The van der Waals surface area contributed by atoms with Gasteiger partial charge in [0.25, 0.3) is 0 Å². The summed E-state index contributed by atoms with van der Waals surface area (Å²) >= 11 is 0. The third-order valence-electron chi connectivity index (χ3n) is 5.35. The Kier molecular flexibility index (Phi) is 6.86. The van der Waals surface area contributed by atoms with Gasteiger partial charge in [0.1, 0.15) is 18.2 Å². The van der Waals surface area contributed by atoms with Crippen molar-refractivity contribution >= 4 is 0 Å². The summed E-state index contributed by atoms with van der Waals surface area (Å²) in [5.74, 6) is 2.99. The molecule has 1 aliphatic rings. The third-order valence-corrected chi connectivity index (χ3v) is 5.35. The molecule has 0 amide bonds. The number of nitrogens with zero attached hydrogens (tertiary/aromatic N) is 4. The first-order valence-electron chi connectivity index (χ1n) is 10.1. The number of benzene rings is 1. The summed E-state index contributed by atoms with van der Waals surface area (Å²) in [7, 11) is 1.94. The Morgan fingerprint density at radius 2 is 2.04 bits per heavy atom. The molecule has 6 heteroatoms. The number of allylic oxidation sites excluding steroid dienone is 1. The van der Waals surface area contributed by atoms with Gasteiger partial charge in [-0.05, 0) is 63.4 Å². The van der Waals surface area contributed by atoms with Crippen molar-refractivity contribution in [2.45, 2.75) is 58.3 Å². The highest BCUT2D eigenvalue weighted by molar-refractivity contribution is 5.38. The lowest BCUT2D eigenvalue weighted by molar-refractivity contribution is 0.199. The molecule has 0 spiro atoms. The molecule has 1 saturated heterocycles. The molecular weight excluding hydrogens is 352 g/mol. The van der Waals surface area contributed by atoms with Gasteiger partial charge in [-0.25, -0.2) is 0 Å². The number of aromatic nitrogens is 3. The van der Waals surface area contributed by atoms with Crippen molar-refractivity contribution in [3.63, 3.8) is 0 Å². The summed E-state index contributed by atoms with van der Waals surface area (Å²) in [6, 6.07) is 6.52. The van der Waals surface area contributed by atoms with Crippen molar-refractivity contribution in [2.75, 3.05) is 13.1 Å². The third kappa shape index (κ3) is 4.80. The predicted molar refractivity (Wildman–Crippen MR) is 110 cm³/mol. The zero-order valence-electron chi connectivity index (χ0n) is 17.3. The second-order valence-electron chi connectivity index (χ2n) is 7.84. The van der Waals surface area contributed by atoms with E-state index < -0.39 is 0 Å². The molecule has 2 heterocycles. The molecule has 0 saturated carbocycles. The number of aliphatic hydroxyl groups excluding tert-OH is 1. The topological polar surface area (TPSA) is 63.4 Å². The minimum absolute atomic E-state index is 0.0636. The van der Waals surface area contributed by atoms with Crippen LogP contribution in [0.3, 0.4) is 0 Å². The molecular formula is C22H32N4O2. The van der Waals surface area contributed by atoms with E-state index in [9.17, 15) is 5.11 Å². The van der Waals surface area contributed by atoms with Crippen LogP contribution < -0.4 is 4.74 Å². The van der Waals surface area contributed by atoms with Crippen LogP contribution in [0, 0.1) is 0 Å². The summed E-state index contributed by atoms with van der Waals surface area (Å²) in [5.41, 5.74) is 2.51. The van der Waals surface area contributed by atoms with E-state index in [1.54, 1.807) is 0 Å². The van der Waals surface area contributed by atoms with Crippen LogP contribution in [0.4, 0.5) is 0 Å². The highest BCUT2D eigenvalue weighted by atomic mass is 16.5. The van der Waals surface area contributed by atoms with E-state index in [2.05, 4.69) is 53.7 Å². The zero-order chi connectivity index (χ0) is 20.1. The Balaban J connectivity index is 1.61. The fourth-order valence-electron chi connectivity index (χ4n) is 3.89. The first-order chi connectivity index (χ1) is 13.5. The smallest absolute Gasteiger partial charge is 0.158 e. The molecule has 1 N–H and O–H groups in total. The van der Waals surface area contributed by atoms with Gasteiger partial charge in [-0.3, -0.25) is 4.90 Å². The largest absolute Gasteiger partial charge is 0.491 e. The molecule has 1 aromatic carbocycles. The minimum atomic E-state index is -0.0636. The van der Waals surface area contributed by atoms with Gasteiger partial charge in [0.15, 0.2) is 5.82 Å². The van der Waals surface area contributed by atoms with Crippen molar-refractivity contribution in [3.8, 4) is 5.75 Å². The maximum Gasteiger partial charge on any atom is 0.158 e. The molecule has 1 aromatic heterocycles. The lowest BCUT2D eigenvalue weighted by Gasteiger charge is -2.31. The second kappa shape index (κ2) is 9.34. The SMILES string of the molecule is C=CCc1cc(CN2CCC(c3nnc(CO)n3C)CC2)ccc1OC(C)C. The van der Waals surface area contributed by atoms with E-state index in [-0.39, 0.29) is 12.7 Å². The molecule has 0 radical (unpaired) electrons. The molecule has 0 unspecified atom stereocenters. The molecule has 0 aliphatic carbocycles. The monoisotopic (exact) mass is 384 g/mol. The van der Waals surface area contributed by atoms with E-state index in [4.69, 9.17) is 4.74 Å². The average molecular weight is 385 g/mol. The summed E-state index contributed by atoms with van der Waals surface area (Å²) in [5, 5.41) is 17.7. The van der Waals surface area contributed by atoms with Crippen molar-refractivity contribution in [2.24, 2.45) is 7.05 Å². The number of hydrogen-bond donors (Lipinski definition) is 1. The van der Waals surface area contributed by atoms with Crippen LogP contribution in [0.15, 0.2) is 30.9 Å². The molecule has 152 valence electrons. The van der Waals surface area contributed by atoms with Crippen molar-refractivity contribution in [1.82, 2.24) is 19.7 Å². The van der Waals surface area contributed by atoms with Crippen molar-refractivity contribution < 1.29 is 9.84 Å². The standard InChI is InChI=1S/C22H32N4O2/c1-5-6-19-13-17(7-8-20(19)28-16(2)3)14-26-11-9-18(10-12-26)22-24-23-21(15-27)25(22)4/h5,7-8,13,16,18,27H,1,6,9-12,14-15H2,2-4H3. The normalized spacial score (nSPS) is 15.9. The second-order valence-corrected chi connectivity index (χ2v) is 7.84. The maximum atomic E-state index is 9.32. The molecule has 0 bridgehead atoms. The van der Waals surface area contributed by atoms with Gasteiger partial charge in [-0.15, -0.1) is 16.8 Å². The van der Waals surface area contributed by atoms with Crippen LogP contribution in [0.5, 0.6) is 5.75 Å². The lowest BCUT2D eigenvalue weighted by atomic mass is 9.95. The number of likely N-dealkylation sites (tertiary alicyclic amines) is 1. The van der Waals surface area contributed by atoms with Gasteiger partial charge >= 0.3 is 0 Å². The van der Waals surface area contributed by atoms with Crippen LogP contribution in [0.2, 0.25) is 0 Å². The van der Waals surface area contributed by atoms with Gasteiger partial charge in [0.05, 0.1) is 6.10 Å². The number of rotatable bonds is 8. The van der Waals surface area contributed by atoms with E-state index in [0.29, 0.717) is 11.7 Å². The van der Waals surface area contributed by atoms with Crippen LogP contribution in [-0.2, 0) is 26.6 Å². The molecule has 6 nitrogen and oxygen atoms in total. The van der Waals surface area contributed by atoms with Crippen LogP contribution in [0.25, 0.3) is 0 Å². The summed E-state index contributed by atoms with van der Waals surface area (Å²) < 4.78 is 7.87.